The molecule has 188 valence electrons. The third kappa shape index (κ3) is 5.41. The number of benzene rings is 1. The van der Waals surface area contributed by atoms with Crippen LogP contribution in [0.25, 0.3) is 22.4 Å². The van der Waals surface area contributed by atoms with E-state index in [0.717, 1.165) is 40.8 Å². The lowest BCUT2D eigenvalue weighted by Crippen LogP contribution is -2.23. The lowest BCUT2D eigenvalue weighted by atomic mass is 10.1. The third-order valence-electron chi connectivity index (χ3n) is 6.68. The number of aliphatic hydroxyl groups is 1. The van der Waals surface area contributed by atoms with E-state index in [1.807, 2.05) is 48.9 Å². The first kappa shape index (κ1) is 24.0. The second-order valence-electron chi connectivity index (χ2n) is 10.1. The summed E-state index contributed by atoms with van der Waals surface area (Å²) in [5.74, 6) is 1.21. The number of hydrogen-bond donors (Lipinski definition) is 4. The van der Waals surface area contributed by atoms with E-state index in [1.165, 1.54) is 12.8 Å². The Kier molecular flexibility index (Phi) is 6.73. The van der Waals surface area contributed by atoms with Crippen LogP contribution in [0.2, 0.25) is 0 Å². The van der Waals surface area contributed by atoms with Gasteiger partial charge in [-0.1, -0.05) is 37.1 Å². The van der Waals surface area contributed by atoms with Gasteiger partial charge in [-0.15, -0.1) is 0 Å². The monoisotopic (exact) mass is 486 g/mol. The summed E-state index contributed by atoms with van der Waals surface area (Å²) >= 11 is 0. The average molecular weight is 487 g/mol. The lowest BCUT2D eigenvalue weighted by molar-refractivity contribution is 0.0748. The van der Waals surface area contributed by atoms with E-state index in [-0.39, 0.29) is 0 Å². The Morgan fingerprint density at radius 1 is 1.06 bits per heavy atom. The van der Waals surface area contributed by atoms with E-state index in [9.17, 15) is 5.11 Å². The molecule has 0 amide bonds. The van der Waals surface area contributed by atoms with E-state index in [0.29, 0.717) is 43.0 Å². The first-order valence-corrected chi connectivity index (χ1v) is 12.6. The molecule has 0 bridgehead atoms. The van der Waals surface area contributed by atoms with Crippen molar-refractivity contribution < 1.29 is 5.11 Å². The van der Waals surface area contributed by atoms with Gasteiger partial charge in [0, 0.05) is 36.6 Å². The Morgan fingerprint density at radius 2 is 1.86 bits per heavy atom. The van der Waals surface area contributed by atoms with Crippen molar-refractivity contribution >= 4 is 28.6 Å². The highest BCUT2D eigenvalue weighted by Crippen LogP contribution is 2.33. The van der Waals surface area contributed by atoms with Crippen molar-refractivity contribution in [1.82, 2.24) is 24.5 Å². The fourth-order valence-corrected chi connectivity index (χ4v) is 4.65. The normalized spacial score (nSPS) is 14.4. The maximum Gasteiger partial charge on any atom is 0.226 e. The number of anilines is 3. The summed E-state index contributed by atoms with van der Waals surface area (Å²) in [6.07, 6.45) is 9.08. The third-order valence-corrected chi connectivity index (χ3v) is 6.68. The molecule has 1 saturated carbocycles. The standard InChI is InChI=1S/C27H34N8O/c1-27(2,36)13-14-29-26-33-24(23-25(34-26)35(17-32-23)19-7-3-4-8-19)31-16-18-11-12-22(30-15-18)20-9-5-6-10-21(20)28/h5-6,9-12,15,17,19,36H,3-4,7-8,13-14,16,28H2,1-2H3,(H2,29,31,33,34). The first-order valence-electron chi connectivity index (χ1n) is 12.6. The highest BCUT2D eigenvalue weighted by molar-refractivity contribution is 5.84. The summed E-state index contributed by atoms with van der Waals surface area (Å²) in [6.45, 7) is 4.71. The zero-order valence-corrected chi connectivity index (χ0v) is 20.9. The smallest absolute Gasteiger partial charge is 0.226 e. The predicted molar refractivity (Wildman–Crippen MR) is 144 cm³/mol. The van der Waals surface area contributed by atoms with Crippen molar-refractivity contribution in [2.75, 3.05) is 22.9 Å². The number of fused-ring (bicyclic) bond motifs is 1. The summed E-state index contributed by atoms with van der Waals surface area (Å²) in [7, 11) is 0. The molecule has 0 aliphatic heterocycles. The molecule has 5 N–H and O–H groups in total. The van der Waals surface area contributed by atoms with Gasteiger partial charge in [-0.2, -0.15) is 9.97 Å². The van der Waals surface area contributed by atoms with Crippen molar-refractivity contribution in [3.8, 4) is 11.3 Å². The molecule has 9 nitrogen and oxygen atoms in total. The predicted octanol–water partition coefficient (Wildman–Crippen LogP) is 4.77. The number of pyridine rings is 1. The summed E-state index contributed by atoms with van der Waals surface area (Å²) in [6, 6.07) is 12.2. The Balaban J connectivity index is 1.38. The van der Waals surface area contributed by atoms with Crippen molar-refractivity contribution in [2.45, 2.75) is 64.1 Å². The number of imidazole rings is 1. The fraction of sp³-hybridized carbons (Fsp3) is 0.407. The highest BCUT2D eigenvalue weighted by Gasteiger charge is 2.22. The van der Waals surface area contributed by atoms with E-state index < -0.39 is 5.60 Å². The van der Waals surface area contributed by atoms with Gasteiger partial charge >= 0.3 is 0 Å². The molecule has 1 aliphatic carbocycles. The molecule has 9 heteroatoms. The zero-order chi connectivity index (χ0) is 25.1. The molecule has 4 aromatic rings. The highest BCUT2D eigenvalue weighted by atomic mass is 16.3. The van der Waals surface area contributed by atoms with Gasteiger partial charge < -0.3 is 26.0 Å². The molecule has 5 rings (SSSR count). The Labute approximate surface area is 211 Å². The molecule has 0 unspecified atom stereocenters. The number of aromatic nitrogens is 5. The van der Waals surface area contributed by atoms with Gasteiger partial charge in [0.15, 0.2) is 17.0 Å². The van der Waals surface area contributed by atoms with Crippen LogP contribution in [0.4, 0.5) is 17.5 Å². The molecule has 36 heavy (non-hydrogen) atoms. The van der Waals surface area contributed by atoms with Crippen LogP contribution >= 0.6 is 0 Å². The lowest BCUT2D eigenvalue weighted by Gasteiger charge is -2.17. The molecule has 0 saturated heterocycles. The molecule has 3 heterocycles. The van der Waals surface area contributed by atoms with Crippen LogP contribution < -0.4 is 16.4 Å². The quantitative estimate of drug-likeness (QED) is 0.249. The maximum atomic E-state index is 10.1. The number of hydrogen-bond acceptors (Lipinski definition) is 8. The summed E-state index contributed by atoms with van der Waals surface area (Å²) in [4.78, 5) is 18.8. The molecule has 1 fully saturated rings. The topological polar surface area (TPSA) is 127 Å². The van der Waals surface area contributed by atoms with Crippen LogP contribution in [0.1, 0.15) is 57.6 Å². The summed E-state index contributed by atoms with van der Waals surface area (Å²) < 4.78 is 2.19. The van der Waals surface area contributed by atoms with Crippen LogP contribution in [0, 0.1) is 0 Å². The molecule has 3 aromatic heterocycles. The fourth-order valence-electron chi connectivity index (χ4n) is 4.65. The van der Waals surface area contributed by atoms with Crippen molar-refractivity contribution in [2.24, 2.45) is 0 Å². The number of nitrogen functional groups attached to an aromatic ring is 1. The number of nitrogens with one attached hydrogen (secondary N) is 2. The van der Waals surface area contributed by atoms with Gasteiger partial charge in [0.25, 0.3) is 0 Å². The number of rotatable bonds is 9. The molecule has 1 aliphatic rings. The second kappa shape index (κ2) is 10.1. The SMILES string of the molecule is CC(C)(O)CCNc1nc(NCc2ccc(-c3ccccc3N)nc2)c2ncn(C3CCCC3)c2n1. The molecule has 0 radical (unpaired) electrons. The molecule has 0 atom stereocenters. The van der Waals surface area contributed by atoms with Gasteiger partial charge in [-0.3, -0.25) is 4.98 Å². The van der Waals surface area contributed by atoms with Crippen LogP contribution in [-0.4, -0.2) is 41.8 Å². The maximum absolute atomic E-state index is 10.1. The van der Waals surface area contributed by atoms with Gasteiger partial charge in [-0.05, 0) is 50.8 Å². The van der Waals surface area contributed by atoms with Gasteiger partial charge in [0.05, 0.1) is 17.6 Å². The van der Waals surface area contributed by atoms with Crippen molar-refractivity contribution in [1.29, 1.82) is 0 Å². The van der Waals surface area contributed by atoms with Gasteiger partial charge in [0.1, 0.15) is 0 Å². The Hall–Kier alpha value is -3.72. The van der Waals surface area contributed by atoms with E-state index in [2.05, 4.69) is 25.2 Å². The van der Waals surface area contributed by atoms with Gasteiger partial charge in [-0.25, -0.2) is 4.98 Å². The molecule has 0 spiro atoms. The average Bonchev–Trinajstić information content (AvgIpc) is 3.52. The van der Waals surface area contributed by atoms with Crippen molar-refractivity contribution in [3.63, 3.8) is 0 Å². The summed E-state index contributed by atoms with van der Waals surface area (Å²) in [5, 5.41) is 16.8. The van der Waals surface area contributed by atoms with Crippen molar-refractivity contribution in [3.05, 3.63) is 54.5 Å². The van der Waals surface area contributed by atoms with Crippen LogP contribution in [-0.2, 0) is 6.54 Å². The van der Waals surface area contributed by atoms with E-state index >= 15 is 0 Å². The molecular weight excluding hydrogens is 452 g/mol. The Bertz CT molecular complexity index is 1320. The minimum atomic E-state index is -0.757. The summed E-state index contributed by atoms with van der Waals surface area (Å²) in [5.41, 5.74) is 10.4. The number of nitrogens with two attached hydrogens (primary N) is 1. The van der Waals surface area contributed by atoms with Crippen LogP contribution in [0.15, 0.2) is 48.9 Å². The molecule has 1 aromatic carbocycles. The first-order chi connectivity index (χ1) is 17.4. The number of nitrogens with zero attached hydrogens (tertiary/aromatic N) is 5. The molecular formula is C27H34N8O. The van der Waals surface area contributed by atoms with E-state index in [4.69, 9.17) is 15.7 Å². The largest absolute Gasteiger partial charge is 0.398 e. The van der Waals surface area contributed by atoms with Crippen LogP contribution in [0.3, 0.4) is 0 Å². The van der Waals surface area contributed by atoms with Gasteiger partial charge in [0.2, 0.25) is 5.95 Å². The van der Waals surface area contributed by atoms with E-state index in [1.54, 1.807) is 13.8 Å². The minimum Gasteiger partial charge on any atom is -0.398 e. The Morgan fingerprint density at radius 3 is 2.58 bits per heavy atom. The zero-order valence-electron chi connectivity index (χ0n) is 20.9. The van der Waals surface area contributed by atoms with Crippen LogP contribution in [0.5, 0.6) is 0 Å². The number of para-hydroxylation sites is 1. The second-order valence-corrected chi connectivity index (χ2v) is 10.1. The minimum absolute atomic E-state index is 0.421.